The van der Waals surface area contributed by atoms with E-state index in [0.717, 1.165) is 38.5 Å². The van der Waals surface area contributed by atoms with E-state index >= 15 is 0 Å². The third kappa shape index (κ3) is 3.98. The highest BCUT2D eigenvalue weighted by atomic mass is 19.1. The van der Waals surface area contributed by atoms with Gasteiger partial charge in [0.05, 0.1) is 6.10 Å². The highest BCUT2D eigenvalue weighted by molar-refractivity contribution is 5.20. The molecule has 0 aliphatic carbocycles. The number of halogens is 2. The van der Waals surface area contributed by atoms with Crippen LogP contribution in [0.2, 0.25) is 0 Å². The predicted octanol–water partition coefficient (Wildman–Crippen LogP) is 3.05. The van der Waals surface area contributed by atoms with E-state index in [1.54, 1.807) is 0 Å². The molecule has 19 heavy (non-hydrogen) atoms. The van der Waals surface area contributed by atoms with Crippen molar-refractivity contribution in [3.8, 4) is 0 Å². The van der Waals surface area contributed by atoms with Crippen LogP contribution >= 0.6 is 0 Å². The lowest BCUT2D eigenvalue weighted by Crippen LogP contribution is -2.41. The predicted molar refractivity (Wildman–Crippen MR) is 71.1 cm³/mol. The monoisotopic (exact) mass is 269 g/mol. The van der Waals surface area contributed by atoms with Crippen molar-refractivity contribution in [2.45, 2.75) is 44.8 Å². The number of nitrogens with one attached hydrogen (secondary N) is 1. The number of ether oxygens (including phenoxy) is 1. The molecule has 0 amide bonds. The molecule has 2 rings (SSSR count). The van der Waals surface area contributed by atoms with E-state index in [1.807, 2.05) is 0 Å². The van der Waals surface area contributed by atoms with Gasteiger partial charge in [0, 0.05) is 12.6 Å². The Labute approximate surface area is 113 Å². The lowest BCUT2D eigenvalue weighted by atomic mass is 9.98. The fourth-order valence-electron chi connectivity index (χ4n) is 2.52. The van der Waals surface area contributed by atoms with E-state index in [9.17, 15) is 8.78 Å². The molecule has 4 heteroatoms. The molecule has 0 radical (unpaired) electrons. The van der Waals surface area contributed by atoms with E-state index < -0.39 is 5.82 Å². The first-order valence-electron chi connectivity index (χ1n) is 6.99. The van der Waals surface area contributed by atoms with Gasteiger partial charge in [-0.1, -0.05) is 6.92 Å². The van der Waals surface area contributed by atoms with Gasteiger partial charge in [-0.15, -0.1) is 0 Å². The molecule has 1 fully saturated rings. The lowest BCUT2D eigenvalue weighted by Gasteiger charge is -2.24. The second-order valence-electron chi connectivity index (χ2n) is 5.05. The van der Waals surface area contributed by atoms with E-state index in [4.69, 9.17) is 4.74 Å². The van der Waals surface area contributed by atoms with Gasteiger partial charge in [-0.3, -0.25) is 0 Å². The molecule has 0 spiro atoms. The van der Waals surface area contributed by atoms with Gasteiger partial charge in [-0.2, -0.15) is 0 Å². The zero-order valence-corrected chi connectivity index (χ0v) is 11.3. The number of benzene rings is 1. The van der Waals surface area contributed by atoms with Gasteiger partial charge < -0.3 is 10.1 Å². The molecule has 1 N–H and O–H groups in total. The summed E-state index contributed by atoms with van der Waals surface area (Å²) in [4.78, 5) is 0. The van der Waals surface area contributed by atoms with Gasteiger partial charge in [-0.25, -0.2) is 8.78 Å². The summed E-state index contributed by atoms with van der Waals surface area (Å²) in [6.07, 6.45) is 3.61. The minimum atomic E-state index is -0.391. The molecule has 0 bridgehead atoms. The van der Waals surface area contributed by atoms with E-state index in [2.05, 4.69) is 12.2 Å². The average Bonchev–Trinajstić information content (AvgIpc) is 2.92. The molecule has 0 saturated carbocycles. The molecule has 1 heterocycles. The van der Waals surface area contributed by atoms with Crippen LogP contribution in [-0.2, 0) is 11.2 Å². The molecule has 2 atom stereocenters. The van der Waals surface area contributed by atoms with E-state index in [1.165, 1.54) is 12.1 Å². The highest BCUT2D eigenvalue weighted by Gasteiger charge is 2.26. The lowest BCUT2D eigenvalue weighted by molar-refractivity contribution is 0.0781. The summed E-state index contributed by atoms with van der Waals surface area (Å²) >= 11 is 0. The van der Waals surface area contributed by atoms with Gasteiger partial charge in [-0.05, 0) is 56.0 Å². The van der Waals surface area contributed by atoms with Crippen molar-refractivity contribution < 1.29 is 13.5 Å². The summed E-state index contributed by atoms with van der Waals surface area (Å²) in [5, 5.41) is 3.39. The molecule has 106 valence electrons. The quantitative estimate of drug-likeness (QED) is 0.857. The van der Waals surface area contributed by atoms with Crippen molar-refractivity contribution in [3.05, 3.63) is 35.4 Å². The maximum atomic E-state index is 13.7. The minimum absolute atomic E-state index is 0.0544. The minimum Gasteiger partial charge on any atom is -0.377 e. The summed E-state index contributed by atoms with van der Waals surface area (Å²) in [5.41, 5.74) is 0.420. The maximum Gasteiger partial charge on any atom is 0.126 e. The third-order valence-electron chi connectivity index (χ3n) is 3.52. The fourth-order valence-corrected chi connectivity index (χ4v) is 2.52. The van der Waals surface area contributed by atoms with Gasteiger partial charge in [0.2, 0.25) is 0 Å². The Morgan fingerprint density at radius 2 is 2.26 bits per heavy atom. The van der Waals surface area contributed by atoms with Gasteiger partial charge in [0.1, 0.15) is 11.6 Å². The molecule has 1 aromatic rings. The molecule has 1 saturated heterocycles. The molecular formula is C15H21F2NO. The Bertz CT molecular complexity index is 405. The molecule has 2 unspecified atom stereocenters. The van der Waals surface area contributed by atoms with Crippen LogP contribution in [0, 0.1) is 11.6 Å². The van der Waals surface area contributed by atoms with Crippen LogP contribution in [0.15, 0.2) is 18.2 Å². The SMILES string of the molecule is CCCNC(Cc1cc(F)ccc1F)C1CCCO1. The number of hydrogen-bond donors (Lipinski definition) is 1. The van der Waals surface area contributed by atoms with Crippen LogP contribution in [0.5, 0.6) is 0 Å². The van der Waals surface area contributed by atoms with Gasteiger partial charge in [0.25, 0.3) is 0 Å². The summed E-state index contributed by atoms with van der Waals surface area (Å²) in [7, 11) is 0. The zero-order valence-electron chi connectivity index (χ0n) is 11.3. The Kier molecular flexibility index (Phi) is 5.28. The first kappa shape index (κ1) is 14.4. The molecule has 1 aromatic carbocycles. The Morgan fingerprint density at radius 3 is 2.95 bits per heavy atom. The van der Waals surface area contributed by atoms with Crippen LogP contribution in [0.25, 0.3) is 0 Å². The van der Waals surface area contributed by atoms with Crippen LogP contribution in [-0.4, -0.2) is 25.3 Å². The Morgan fingerprint density at radius 1 is 1.42 bits per heavy atom. The molecule has 1 aliphatic rings. The summed E-state index contributed by atoms with van der Waals surface area (Å²) in [6, 6.07) is 3.68. The highest BCUT2D eigenvalue weighted by Crippen LogP contribution is 2.20. The Balaban J connectivity index is 2.07. The molecule has 2 nitrogen and oxygen atoms in total. The fraction of sp³-hybridized carbons (Fsp3) is 0.600. The maximum absolute atomic E-state index is 13.7. The molecule has 0 aromatic heterocycles. The number of rotatable bonds is 6. The van der Waals surface area contributed by atoms with Crippen molar-refractivity contribution in [3.63, 3.8) is 0 Å². The summed E-state index contributed by atoms with van der Waals surface area (Å²) < 4.78 is 32.6. The van der Waals surface area contributed by atoms with Crippen molar-refractivity contribution in [1.29, 1.82) is 0 Å². The number of hydrogen-bond acceptors (Lipinski definition) is 2. The second-order valence-corrected chi connectivity index (χ2v) is 5.05. The first-order chi connectivity index (χ1) is 9.20. The van der Waals surface area contributed by atoms with Crippen LogP contribution in [0.4, 0.5) is 8.78 Å². The van der Waals surface area contributed by atoms with Crippen LogP contribution < -0.4 is 5.32 Å². The van der Waals surface area contributed by atoms with Crippen molar-refractivity contribution >= 4 is 0 Å². The topological polar surface area (TPSA) is 21.3 Å². The Hall–Kier alpha value is -1.00. The average molecular weight is 269 g/mol. The van der Waals surface area contributed by atoms with Crippen LogP contribution in [0.3, 0.4) is 0 Å². The summed E-state index contributed by atoms with van der Waals surface area (Å²) in [6.45, 7) is 3.71. The van der Waals surface area contributed by atoms with Gasteiger partial charge >= 0.3 is 0 Å². The summed E-state index contributed by atoms with van der Waals surface area (Å²) in [5.74, 6) is -0.735. The first-order valence-corrected chi connectivity index (χ1v) is 6.99. The van der Waals surface area contributed by atoms with Crippen molar-refractivity contribution in [2.24, 2.45) is 0 Å². The van der Waals surface area contributed by atoms with Crippen molar-refractivity contribution in [1.82, 2.24) is 5.32 Å². The molecule has 1 aliphatic heterocycles. The van der Waals surface area contributed by atoms with Gasteiger partial charge in [0.15, 0.2) is 0 Å². The standard InChI is InChI=1S/C15H21F2NO/c1-2-7-18-14(15-4-3-8-19-15)10-11-9-12(16)5-6-13(11)17/h5-6,9,14-15,18H,2-4,7-8,10H2,1H3. The zero-order chi connectivity index (χ0) is 13.7. The normalized spacial score (nSPS) is 20.7. The third-order valence-corrected chi connectivity index (χ3v) is 3.52. The smallest absolute Gasteiger partial charge is 0.126 e. The van der Waals surface area contributed by atoms with E-state index in [-0.39, 0.29) is 18.0 Å². The largest absolute Gasteiger partial charge is 0.377 e. The van der Waals surface area contributed by atoms with Crippen molar-refractivity contribution in [2.75, 3.05) is 13.2 Å². The second kappa shape index (κ2) is 6.96. The molecular weight excluding hydrogens is 248 g/mol. The van der Waals surface area contributed by atoms with E-state index in [0.29, 0.717) is 12.0 Å². The van der Waals surface area contributed by atoms with Crippen LogP contribution in [0.1, 0.15) is 31.7 Å².